The van der Waals surface area contributed by atoms with Gasteiger partial charge in [-0.15, -0.1) is 13.2 Å². The topological polar surface area (TPSA) is 85.7 Å². The van der Waals surface area contributed by atoms with Crippen LogP contribution < -0.4 is 21.5 Å². The summed E-state index contributed by atoms with van der Waals surface area (Å²) in [5.74, 6) is 0.00864. The molecule has 0 saturated heterocycles. The second-order valence-corrected chi connectivity index (χ2v) is 5.87. The lowest BCUT2D eigenvalue weighted by Gasteiger charge is -2.30. The first-order chi connectivity index (χ1) is 10.7. The van der Waals surface area contributed by atoms with E-state index in [1.165, 1.54) is 12.1 Å². The van der Waals surface area contributed by atoms with E-state index in [1.807, 2.05) is 0 Å². The smallest absolute Gasteiger partial charge is 0.406 e. The average molecular weight is 326 g/mol. The Morgan fingerprint density at radius 1 is 1.30 bits per heavy atom. The second-order valence-electron chi connectivity index (χ2n) is 5.87. The van der Waals surface area contributed by atoms with Crippen molar-refractivity contribution < 1.29 is 17.9 Å². The first kappa shape index (κ1) is 15.7. The van der Waals surface area contributed by atoms with Crippen molar-refractivity contribution in [1.29, 1.82) is 0 Å². The van der Waals surface area contributed by atoms with E-state index >= 15 is 0 Å². The van der Waals surface area contributed by atoms with E-state index in [9.17, 15) is 13.2 Å². The molecule has 3 rings (SSSR count). The number of allylic oxidation sites excluding steroid dienone is 1. The van der Waals surface area contributed by atoms with E-state index in [1.54, 1.807) is 19.1 Å². The SMILES string of the molecule is CC1(N)N=C(N)NC2=C1CCC2c1ccc(OC(F)(F)F)cc1. The summed E-state index contributed by atoms with van der Waals surface area (Å²) >= 11 is 0. The number of hydrogen-bond acceptors (Lipinski definition) is 5. The lowest BCUT2D eigenvalue weighted by atomic mass is 9.94. The number of nitrogens with two attached hydrogens (primary N) is 2. The number of alkyl halides is 3. The molecule has 0 spiro atoms. The molecule has 0 fully saturated rings. The van der Waals surface area contributed by atoms with Gasteiger partial charge in [-0.25, -0.2) is 4.99 Å². The molecule has 0 aromatic heterocycles. The van der Waals surface area contributed by atoms with Gasteiger partial charge in [0.1, 0.15) is 11.4 Å². The van der Waals surface area contributed by atoms with Crippen LogP contribution in [0.1, 0.15) is 31.2 Å². The van der Waals surface area contributed by atoms with Crippen molar-refractivity contribution in [3.63, 3.8) is 0 Å². The maximum atomic E-state index is 12.2. The Morgan fingerprint density at radius 2 is 1.96 bits per heavy atom. The number of nitrogens with one attached hydrogen (secondary N) is 1. The molecular formula is C15H17F3N4O. The highest BCUT2D eigenvalue weighted by Gasteiger charge is 2.38. The van der Waals surface area contributed by atoms with Gasteiger partial charge in [-0.3, -0.25) is 0 Å². The number of guanidine groups is 1. The standard InChI is InChI=1S/C15H17F3N4O/c1-14(20)11-7-6-10(12(11)21-13(19)22-14)8-2-4-9(5-3-8)23-15(16,17)18/h2-5,10H,6-7,20H2,1H3,(H3,19,21,22). The van der Waals surface area contributed by atoms with E-state index in [2.05, 4.69) is 15.0 Å². The zero-order chi connectivity index (χ0) is 16.8. The molecule has 8 heteroatoms. The van der Waals surface area contributed by atoms with Gasteiger partial charge in [0.2, 0.25) is 0 Å². The number of hydrogen-bond donors (Lipinski definition) is 3. The predicted molar refractivity (Wildman–Crippen MR) is 79.5 cm³/mol. The van der Waals surface area contributed by atoms with Gasteiger partial charge in [0, 0.05) is 11.6 Å². The monoisotopic (exact) mass is 326 g/mol. The van der Waals surface area contributed by atoms with Gasteiger partial charge in [0.05, 0.1) is 0 Å². The maximum Gasteiger partial charge on any atom is 0.573 e. The number of aliphatic imine (C=N–C) groups is 1. The Kier molecular flexibility index (Phi) is 3.51. The molecule has 0 amide bonds. The fraction of sp³-hybridized carbons (Fsp3) is 0.400. The molecule has 23 heavy (non-hydrogen) atoms. The minimum absolute atomic E-state index is 0.00172. The van der Waals surface area contributed by atoms with Crippen molar-refractivity contribution in [3.05, 3.63) is 41.1 Å². The largest absolute Gasteiger partial charge is 0.573 e. The molecule has 0 bridgehead atoms. The van der Waals surface area contributed by atoms with E-state index in [4.69, 9.17) is 11.5 Å². The van der Waals surface area contributed by atoms with Gasteiger partial charge in [-0.2, -0.15) is 0 Å². The molecule has 2 unspecified atom stereocenters. The summed E-state index contributed by atoms with van der Waals surface area (Å²) in [4.78, 5) is 4.20. The third-order valence-corrected chi connectivity index (χ3v) is 4.10. The molecule has 1 aromatic rings. The van der Waals surface area contributed by atoms with Crippen molar-refractivity contribution in [3.8, 4) is 5.75 Å². The molecular weight excluding hydrogens is 309 g/mol. The lowest BCUT2D eigenvalue weighted by molar-refractivity contribution is -0.274. The van der Waals surface area contributed by atoms with Crippen molar-refractivity contribution >= 4 is 5.96 Å². The summed E-state index contributed by atoms with van der Waals surface area (Å²) in [6, 6.07) is 5.87. The molecule has 124 valence electrons. The van der Waals surface area contributed by atoms with Crippen LogP contribution in [0.15, 0.2) is 40.5 Å². The van der Waals surface area contributed by atoms with Crippen LogP contribution in [0.5, 0.6) is 5.75 Å². The molecule has 2 atom stereocenters. The number of nitrogens with zero attached hydrogens (tertiary/aromatic N) is 1. The van der Waals surface area contributed by atoms with Crippen molar-refractivity contribution in [2.45, 2.75) is 37.7 Å². The summed E-state index contributed by atoms with van der Waals surface area (Å²) in [5.41, 5.74) is 13.9. The van der Waals surface area contributed by atoms with Crippen LogP contribution in [0, 0.1) is 0 Å². The third-order valence-electron chi connectivity index (χ3n) is 4.10. The van der Waals surface area contributed by atoms with Gasteiger partial charge >= 0.3 is 6.36 Å². The zero-order valence-electron chi connectivity index (χ0n) is 12.4. The summed E-state index contributed by atoms with van der Waals surface area (Å²) in [6.45, 7) is 1.79. The van der Waals surface area contributed by atoms with Crippen LogP contribution in [0.3, 0.4) is 0 Å². The van der Waals surface area contributed by atoms with Gasteiger partial charge in [0.25, 0.3) is 0 Å². The number of ether oxygens (including phenoxy) is 1. The van der Waals surface area contributed by atoms with Crippen LogP contribution in [-0.2, 0) is 0 Å². The van der Waals surface area contributed by atoms with E-state index in [0.717, 1.165) is 29.7 Å². The predicted octanol–water partition coefficient (Wildman–Crippen LogP) is 2.31. The highest BCUT2D eigenvalue weighted by atomic mass is 19.4. The van der Waals surface area contributed by atoms with Crippen molar-refractivity contribution in [1.82, 2.24) is 5.32 Å². The first-order valence-corrected chi connectivity index (χ1v) is 7.16. The van der Waals surface area contributed by atoms with E-state index < -0.39 is 12.0 Å². The second kappa shape index (κ2) is 5.16. The third kappa shape index (κ3) is 3.12. The molecule has 5 nitrogen and oxygen atoms in total. The lowest BCUT2D eigenvalue weighted by Crippen LogP contribution is -2.47. The molecule has 2 aliphatic rings. The maximum absolute atomic E-state index is 12.2. The van der Waals surface area contributed by atoms with Crippen LogP contribution in [0.2, 0.25) is 0 Å². The fourth-order valence-corrected chi connectivity index (χ4v) is 3.19. The Morgan fingerprint density at radius 3 is 2.57 bits per heavy atom. The Hall–Kier alpha value is -2.22. The van der Waals surface area contributed by atoms with Gasteiger partial charge in [0.15, 0.2) is 5.96 Å². The zero-order valence-corrected chi connectivity index (χ0v) is 12.4. The number of rotatable bonds is 2. The molecule has 1 heterocycles. The summed E-state index contributed by atoms with van der Waals surface area (Å²) in [6.07, 6.45) is -3.13. The molecule has 1 aromatic carbocycles. The Balaban J connectivity index is 1.85. The summed E-state index contributed by atoms with van der Waals surface area (Å²) in [7, 11) is 0. The molecule has 1 aliphatic heterocycles. The van der Waals surface area contributed by atoms with Crippen LogP contribution in [0.4, 0.5) is 13.2 Å². The van der Waals surface area contributed by atoms with Crippen LogP contribution >= 0.6 is 0 Å². The first-order valence-electron chi connectivity index (χ1n) is 7.16. The molecule has 0 radical (unpaired) electrons. The van der Waals surface area contributed by atoms with Gasteiger partial charge in [-0.1, -0.05) is 12.1 Å². The molecule has 0 saturated carbocycles. The highest BCUT2D eigenvalue weighted by Crippen LogP contribution is 2.43. The average Bonchev–Trinajstić information content (AvgIpc) is 2.81. The van der Waals surface area contributed by atoms with E-state index in [-0.39, 0.29) is 17.6 Å². The Bertz CT molecular complexity index is 677. The minimum atomic E-state index is -4.69. The quantitative estimate of drug-likeness (QED) is 0.778. The molecule has 5 N–H and O–H groups in total. The minimum Gasteiger partial charge on any atom is -0.406 e. The highest BCUT2D eigenvalue weighted by molar-refractivity contribution is 5.82. The van der Waals surface area contributed by atoms with Crippen LogP contribution in [-0.4, -0.2) is 18.0 Å². The van der Waals surface area contributed by atoms with Crippen LogP contribution in [0.25, 0.3) is 0 Å². The number of halogens is 3. The normalized spacial score (nSPS) is 27.3. The molecule has 1 aliphatic carbocycles. The van der Waals surface area contributed by atoms with Crippen molar-refractivity contribution in [2.24, 2.45) is 16.5 Å². The van der Waals surface area contributed by atoms with E-state index in [0.29, 0.717) is 0 Å². The fourth-order valence-electron chi connectivity index (χ4n) is 3.19. The van der Waals surface area contributed by atoms with Gasteiger partial charge < -0.3 is 21.5 Å². The van der Waals surface area contributed by atoms with Gasteiger partial charge in [-0.05, 0) is 43.0 Å². The summed E-state index contributed by atoms with van der Waals surface area (Å²) < 4.78 is 40.5. The number of benzene rings is 1. The summed E-state index contributed by atoms with van der Waals surface area (Å²) in [5, 5.41) is 3.05. The van der Waals surface area contributed by atoms with Crippen molar-refractivity contribution in [2.75, 3.05) is 0 Å². The Labute approximate surface area is 131 Å².